The van der Waals surface area contributed by atoms with Gasteiger partial charge in [-0.1, -0.05) is 42.5 Å². The van der Waals surface area contributed by atoms with Crippen LogP contribution in [0.2, 0.25) is 0 Å². The van der Waals surface area contributed by atoms with Crippen LogP contribution in [0.3, 0.4) is 0 Å². The summed E-state index contributed by atoms with van der Waals surface area (Å²) in [4.78, 5) is 22.0. The summed E-state index contributed by atoms with van der Waals surface area (Å²) in [5, 5.41) is 10.6. The summed E-state index contributed by atoms with van der Waals surface area (Å²) in [6.45, 7) is 3.42. The van der Waals surface area contributed by atoms with E-state index in [1.165, 1.54) is 13.4 Å². The molecule has 0 aliphatic rings. The molecule has 0 unspecified atom stereocenters. The summed E-state index contributed by atoms with van der Waals surface area (Å²) >= 11 is 1.08. The highest BCUT2D eigenvalue weighted by Gasteiger charge is 2.33. The molecule has 0 bridgehead atoms. The normalized spacial score (nSPS) is 12.0. The number of carboxylic acids is 1. The maximum atomic E-state index is 12.7. The Bertz CT molecular complexity index is 1900. The lowest BCUT2D eigenvalue weighted by molar-refractivity contribution is -0.160. The van der Waals surface area contributed by atoms with Crippen molar-refractivity contribution in [3.05, 3.63) is 108 Å². The Hall–Kier alpha value is -4.02. The van der Waals surface area contributed by atoms with Gasteiger partial charge in [0.05, 0.1) is 35.0 Å². The Morgan fingerprint density at radius 2 is 1.55 bits per heavy atom. The molecule has 0 saturated carbocycles. The molecule has 0 aliphatic carbocycles. The van der Waals surface area contributed by atoms with Crippen molar-refractivity contribution in [3.8, 4) is 33.4 Å². The Balaban J connectivity index is 1.67. The van der Waals surface area contributed by atoms with Gasteiger partial charge in [-0.25, -0.2) is 18.1 Å². The summed E-state index contributed by atoms with van der Waals surface area (Å²) in [6, 6.07) is 28.1. The molecule has 0 atom stereocenters. The third-order valence-corrected chi connectivity index (χ3v) is 10.2. The summed E-state index contributed by atoms with van der Waals surface area (Å²) in [5.74, 6) is -1.01. The molecule has 214 valence electrons. The average molecular weight is 600 g/mol. The molecule has 5 aromatic rings. The minimum atomic E-state index is -3.41. The topological polar surface area (TPSA) is 103 Å². The van der Waals surface area contributed by atoms with Gasteiger partial charge in [0.15, 0.2) is 9.84 Å². The molecule has 5 rings (SSSR count). The second-order valence-electron chi connectivity index (χ2n) is 10.4. The van der Waals surface area contributed by atoms with Crippen LogP contribution in [-0.4, -0.2) is 37.8 Å². The number of aromatic nitrogens is 1. The van der Waals surface area contributed by atoms with Crippen molar-refractivity contribution in [2.75, 3.05) is 13.4 Å². The van der Waals surface area contributed by atoms with Gasteiger partial charge in [-0.3, -0.25) is 4.98 Å². The molecule has 1 aromatic heterocycles. The fraction of sp³-hybridized carbons (Fsp3) is 0.152. The van der Waals surface area contributed by atoms with Crippen LogP contribution in [0, 0.1) is 0 Å². The monoisotopic (exact) mass is 599 g/mol. The van der Waals surface area contributed by atoms with Crippen LogP contribution in [0.5, 0.6) is 0 Å². The first-order chi connectivity index (χ1) is 20.0. The molecular weight excluding hydrogens is 570 g/mol. The first-order valence-corrected chi connectivity index (χ1v) is 15.7. The lowest BCUT2D eigenvalue weighted by Crippen LogP contribution is -2.28. The molecule has 0 spiro atoms. The smallest absolute Gasteiger partial charge is 0.335 e. The Kier molecular flexibility index (Phi) is 8.21. The van der Waals surface area contributed by atoms with E-state index in [4.69, 9.17) is 4.33 Å². The van der Waals surface area contributed by atoms with Crippen molar-refractivity contribution in [1.82, 2.24) is 4.98 Å². The van der Waals surface area contributed by atoms with Gasteiger partial charge in [-0.15, -0.1) is 0 Å². The van der Waals surface area contributed by atoms with Gasteiger partial charge in [0.2, 0.25) is 0 Å². The van der Waals surface area contributed by atoms with Crippen LogP contribution in [0.4, 0.5) is 0 Å². The molecule has 0 aliphatic heterocycles. The number of hydrogen-bond donors (Lipinski definition) is 1. The summed E-state index contributed by atoms with van der Waals surface area (Å²) in [5.41, 5.74) is 6.59. The zero-order chi connectivity index (χ0) is 30.1. The number of pyridine rings is 1. The zero-order valence-electron chi connectivity index (χ0n) is 23.5. The first kappa shape index (κ1) is 29.5. The predicted molar refractivity (Wildman–Crippen MR) is 167 cm³/mol. The molecule has 7 nitrogen and oxygen atoms in total. The van der Waals surface area contributed by atoms with Crippen molar-refractivity contribution in [2.24, 2.45) is 0 Å². The van der Waals surface area contributed by atoms with E-state index < -0.39 is 20.6 Å². The maximum Gasteiger partial charge on any atom is 0.335 e. The fourth-order valence-electron chi connectivity index (χ4n) is 4.76. The molecule has 4 aromatic carbocycles. The number of benzene rings is 4. The van der Waals surface area contributed by atoms with E-state index >= 15 is 0 Å². The van der Waals surface area contributed by atoms with Gasteiger partial charge in [0.1, 0.15) is 0 Å². The van der Waals surface area contributed by atoms with Gasteiger partial charge in [-0.05, 0) is 95.8 Å². The molecule has 0 amide bonds. The largest absolute Gasteiger partial charge is 0.478 e. The number of carboxylic acid groups (broad SMARTS) is 1. The quantitative estimate of drug-likeness (QED) is 0.104. The van der Waals surface area contributed by atoms with Crippen LogP contribution in [0.25, 0.3) is 44.3 Å². The summed E-state index contributed by atoms with van der Waals surface area (Å²) < 4.78 is 29.3. The Morgan fingerprint density at radius 1 is 0.833 bits per heavy atom. The van der Waals surface area contributed by atoms with Crippen LogP contribution in [-0.2, 0) is 23.8 Å². The van der Waals surface area contributed by atoms with E-state index in [1.54, 1.807) is 32.2 Å². The van der Waals surface area contributed by atoms with Crippen LogP contribution >= 0.6 is 12.0 Å². The Labute approximate surface area is 249 Å². The fourth-order valence-corrected chi connectivity index (χ4v) is 5.70. The molecule has 1 N–H and O–H groups in total. The van der Waals surface area contributed by atoms with Crippen molar-refractivity contribution < 1.29 is 27.5 Å². The molecule has 0 saturated heterocycles. The first-order valence-electron chi connectivity index (χ1n) is 13.0. The van der Waals surface area contributed by atoms with Crippen molar-refractivity contribution in [3.63, 3.8) is 0 Å². The van der Waals surface area contributed by atoms with E-state index in [-0.39, 0.29) is 5.56 Å². The van der Waals surface area contributed by atoms with Crippen LogP contribution < -0.4 is 0 Å². The SMILES string of the molecule is COOSc1ccc(-c2cc(C(=O)O)ccc2-c2cccc(-c3cc(C(C)(C)S(C)(=O)=O)cc4cccnc34)c2)cc1. The standard InChI is InChI=1S/C33H29NO6S2/c1-33(2,42(4,37)38)26-18-24-9-6-16-34-31(24)30(20-26)23-8-5-7-22(17-23)28-15-12-25(32(35)36)19-29(28)21-10-13-27(14-11-21)41-40-39-3/h5-20H,1-4H3,(H,35,36). The van der Waals surface area contributed by atoms with Crippen LogP contribution in [0.1, 0.15) is 29.8 Å². The summed E-state index contributed by atoms with van der Waals surface area (Å²) in [7, 11) is -1.98. The highest BCUT2D eigenvalue weighted by Crippen LogP contribution is 2.39. The van der Waals surface area contributed by atoms with E-state index in [2.05, 4.69) is 9.87 Å². The van der Waals surface area contributed by atoms with Gasteiger partial charge in [0.25, 0.3) is 0 Å². The number of rotatable bonds is 9. The van der Waals surface area contributed by atoms with E-state index in [0.717, 1.165) is 61.2 Å². The number of aromatic carboxylic acids is 1. The zero-order valence-corrected chi connectivity index (χ0v) is 25.1. The second kappa shape index (κ2) is 11.7. The molecular formula is C33H29NO6S2. The third-order valence-electron chi connectivity index (χ3n) is 7.44. The summed E-state index contributed by atoms with van der Waals surface area (Å²) in [6.07, 6.45) is 2.97. The van der Waals surface area contributed by atoms with E-state index in [9.17, 15) is 18.3 Å². The van der Waals surface area contributed by atoms with E-state index in [1.807, 2.05) is 78.9 Å². The number of hydrogen-bond acceptors (Lipinski definition) is 7. The van der Waals surface area contributed by atoms with Gasteiger partial charge < -0.3 is 5.11 Å². The lowest BCUT2D eigenvalue weighted by atomic mass is 9.89. The number of sulfone groups is 1. The van der Waals surface area contributed by atoms with E-state index in [0.29, 0.717) is 5.56 Å². The lowest BCUT2D eigenvalue weighted by Gasteiger charge is -2.24. The van der Waals surface area contributed by atoms with Crippen molar-refractivity contribution >= 4 is 38.8 Å². The minimum Gasteiger partial charge on any atom is -0.478 e. The number of carbonyl (C=O) groups is 1. The van der Waals surface area contributed by atoms with Gasteiger partial charge in [0, 0.05) is 28.3 Å². The molecule has 9 heteroatoms. The Morgan fingerprint density at radius 3 is 2.21 bits per heavy atom. The minimum absolute atomic E-state index is 0.178. The molecule has 0 radical (unpaired) electrons. The average Bonchev–Trinajstić information content (AvgIpc) is 2.99. The van der Waals surface area contributed by atoms with Gasteiger partial charge in [-0.2, -0.15) is 4.33 Å². The second-order valence-corrected chi connectivity index (χ2v) is 13.7. The van der Waals surface area contributed by atoms with Crippen LogP contribution in [0.15, 0.2) is 102 Å². The predicted octanol–water partition coefficient (Wildman–Crippen LogP) is 7.80. The third kappa shape index (κ3) is 5.82. The number of fused-ring (bicyclic) bond motifs is 1. The highest BCUT2D eigenvalue weighted by molar-refractivity contribution is 7.94. The molecule has 42 heavy (non-hydrogen) atoms. The number of nitrogens with zero attached hydrogens (tertiary/aromatic N) is 1. The van der Waals surface area contributed by atoms with Crippen molar-refractivity contribution in [2.45, 2.75) is 23.5 Å². The van der Waals surface area contributed by atoms with Crippen molar-refractivity contribution in [1.29, 1.82) is 0 Å². The molecule has 0 fully saturated rings. The van der Waals surface area contributed by atoms with Gasteiger partial charge >= 0.3 is 5.97 Å². The maximum absolute atomic E-state index is 12.7. The molecule has 1 heterocycles. The highest BCUT2D eigenvalue weighted by atomic mass is 32.2.